The van der Waals surface area contributed by atoms with E-state index in [1.807, 2.05) is 7.05 Å². The van der Waals surface area contributed by atoms with Crippen LogP contribution in [0.2, 0.25) is 0 Å². The summed E-state index contributed by atoms with van der Waals surface area (Å²) in [5.41, 5.74) is 3.82. The minimum Gasteiger partial charge on any atom is -0.370 e. The van der Waals surface area contributed by atoms with Gasteiger partial charge in [-0.25, -0.2) is 4.98 Å². The number of ether oxygens (including phenoxy) is 1. The third kappa shape index (κ3) is 6.39. The minimum absolute atomic E-state index is 0. The zero-order valence-corrected chi connectivity index (χ0v) is 21.2. The van der Waals surface area contributed by atoms with Crippen molar-refractivity contribution in [1.82, 2.24) is 15.2 Å². The average molecular weight is 529 g/mol. The van der Waals surface area contributed by atoms with Crippen molar-refractivity contribution in [3.63, 3.8) is 0 Å². The number of morpholine rings is 1. The molecule has 2 aromatic rings. The summed E-state index contributed by atoms with van der Waals surface area (Å²) in [6.45, 7) is 12.0. The van der Waals surface area contributed by atoms with E-state index in [0.29, 0.717) is 6.61 Å². The Morgan fingerprint density at radius 3 is 2.76 bits per heavy atom. The van der Waals surface area contributed by atoms with Crippen LogP contribution in [0.1, 0.15) is 48.7 Å². The molecule has 1 aliphatic rings. The Morgan fingerprint density at radius 2 is 2.10 bits per heavy atom. The van der Waals surface area contributed by atoms with Gasteiger partial charge in [0.25, 0.3) is 0 Å². The molecule has 0 aliphatic carbocycles. The van der Waals surface area contributed by atoms with Gasteiger partial charge in [0.15, 0.2) is 5.96 Å². The first-order valence-corrected chi connectivity index (χ1v) is 10.8. The van der Waals surface area contributed by atoms with E-state index < -0.39 is 0 Å². The zero-order chi connectivity index (χ0) is 20.1. The molecule has 1 aromatic carbocycles. The van der Waals surface area contributed by atoms with E-state index >= 15 is 0 Å². The Bertz CT molecular complexity index is 815. The number of guanidine groups is 1. The van der Waals surface area contributed by atoms with Crippen molar-refractivity contribution >= 4 is 41.3 Å². The summed E-state index contributed by atoms with van der Waals surface area (Å²) in [6, 6.07) is 8.46. The minimum atomic E-state index is 0. The van der Waals surface area contributed by atoms with Crippen LogP contribution < -0.4 is 5.32 Å². The van der Waals surface area contributed by atoms with Crippen molar-refractivity contribution in [2.75, 3.05) is 33.3 Å². The standard InChI is InChI=1S/C22H32N4OS.HI/c1-16-8-6-7-9-17(16)18-14-26(12-13-27-18)21(23-5)24-11-10-20-25-19(15-28-20)22(2,3)4;/h6-9,15,18H,10-14H2,1-5H3,(H,23,24);1H. The molecule has 1 unspecified atom stereocenters. The van der Waals surface area contributed by atoms with Crippen LogP contribution in [0.4, 0.5) is 0 Å². The first-order valence-electron chi connectivity index (χ1n) is 9.96. The van der Waals surface area contributed by atoms with Gasteiger partial charge < -0.3 is 15.0 Å². The van der Waals surface area contributed by atoms with Crippen molar-refractivity contribution < 1.29 is 4.74 Å². The number of halogens is 1. The zero-order valence-electron chi connectivity index (χ0n) is 18.1. The molecule has 0 spiro atoms. The smallest absolute Gasteiger partial charge is 0.193 e. The van der Waals surface area contributed by atoms with Gasteiger partial charge in [0.05, 0.1) is 23.9 Å². The summed E-state index contributed by atoms with van der Waals surface area (Å²) in [6.07, 6.45) is 0.993. The number of aryl methyl sites for hydroxylation is 1. The molecule has 3 rings (SSSR count). The maximum Gasteiger partial charge on any atom is 0.193 e. The van der Waals surface area contributed by atoms with Crippen molar-refractivity contribution in [1.29, 1.82) is 0 Å². The monoisotopic (exact) mass is 528 g/mol. The third-order valence-electron chi connectivity index (χ3n) is 5.06. The highest BCUT2D eigenvalue weighted by Crippen LogP contribution is 2.25. The Morgan fingerprint density at radius 1 is 1.34 bits per heavy atom. The lowest BCUT2D eigenvalue weighted by molar-refractivity contribution is -0.00829. The third-order valence-corrected chi connectivity index (χ3v) is 5.96. The molecule has 0 radical (unpaired) electrons. The van der Waals surface area contributed by atoms with Gasteiger partial charge in [0.1, 0.15) is 6.10 Å². The second-order valence-corrected chi connectivity index (χ2v) is 9.21. The summed E-state index contributed by atoms with van der Waals surface area (Å²) in [5, 5.41) is 6.86. The van der Waals surface area contributed by atoms with Gasteiger partial charge in [-0.3, -0.25) is 4.99 Å². The van der Waals surface area contributed by atoms with Gasteiger partial charge in [-0.1, -0.05) is 45.0 Å². The number of benzene rings is 1. The van der Waals surface area contributed by atoms with Gasteiger partial charge >= 0.3 is 0 Å². The first kappa shape index (κ1) is 24.1. The van der Waals surface area contributed by atoms with E-state index in [0.717, 1.165) is 32.0 Å². The summed E-state index contributed by atoms with van der Waals surface area (Å²) < 4.78 is 6.05. The van der Waals surface area contributed by atoms with E-state index in [-0.39, 0.29) is 35.5 Å². The number of aromatic nitrogens is 1. The molecule has 1 atom stereocenters. The second kappa shape index (κ2) is 10.7. The second-order valence-electron chi connectivity index (χ2n) is 8.26. The van der Waals surface area contributed by atoms with Gasteiger partial charge in [0.2, 0.25) is 0 Å². The number of hydrogen-bond acceptors (Lipinski definition) is 4. The number of rotatable bonds is 4. The van der Waals surface area contributed by atoms with Crippen LogP contribution in [-0.2, 0) is 16.6 Å². The number of nitrogens with zero attached hydrogens (tertiary/aromatic N) is 3. The molecule has 0 amide bonds. The molecule has 0 bridgehead atoms. The summed E-state index contributed by atoms with van der Waals surface area (Å²) in [7, 11) is 1.85. The largest absolute Gasteiger partial charge is 0.370 e. The van der Waals surface area contributed by atoms with Crippen LogP contribution in [0.15, 0.2) is 34.6 Å². The normalized spacial score (nSPS) is 17.8. The molecule has 1 N–H and O–H groups in total. The van der Waals surface area contributed by atoms with E-state index in [1.54, 1.807) is 11.3 Å². The van der Waals surface area contributed by atoms with Gasteiger partial charge in [0, 0.05) is 37.4 Å². The summed E-state index contributed by atoms with van der Waals surface area (Å²) in [5.74, 6) is 0.939. The molecular formula is C22H33IN4OS. The average Bonchev–Trinajstić information content (AvgIpc) is 3.15. The predicted octanol–water partition coefficient (Wildman–Crippen LogP) is 4.56. The summed E-state index contributed by atoms with van der Waals surface area (Å²) >= 11 is 1.75. The quantitative estimate of drug-likeness (QED) is 0.359. The lowest BCUT2D eigenvalue weighted by Crippen LogP contribution is -2.48. The fourth-order valence-electron chi connectivity index (χ4n) is 3.36. The van der Waals surface area contributed by atoms with Crippen molar-refractivity contribution in [3.05, 3.63) is 51.5 Å². The van der Waals surface area contributed by atoms with E-state index in [1.165, 1.54) is 21.8 Å². The predicted molar refractivity (Wildman–Crippen MR) is 133 cm³/mol. The molecule has 29 heavy (non-hydrogen) atoms. The highest BCUT2D eigenvalue weighted by Gasteiger charge is 2.25. The van der Waals surface area contributed by atoms with Gasteiger partial charge in [-0.05, 0) is 18.1 Å². The molecule has 1 aliphatic heterocycles. The highest BCUT2D eigenvalue weighted by atomic mass is 127. The maximum absolute atomic E-state index is 6.05. The Labute approximate surface area is 196 Å². The summed E-state index contributed by atoms with van der Waals surface area (Å²) in [4.78, 5) is 11.6. The molecule has 1 aromatic heterocycles. The number of thiazole rings is 1. The number of hydrogen-bond donors (Lipinski definition) is 1. The fourth-order valence-corrected chi connectivity index (χ4v) is 4.39. The molecule has 2 heterocycles. The maximum atomic E-state index is 6.05. The Kier molecular flexibility index (Phi) is 8.91. The fraction of sp³-hybridized carbons (Fsp3) is 0.545. The molecule has 1 saturated heterocycles. The molecule has 7 heteroatoms. The Balaban J connectivity index is 0.00000300. The molecular weight excluding hydrogens is 495 g/mol. The van der Waals surface area contributed by atoms with Crippen molar-refractivity contribution in [2.24, 2.45) is 4.99 Å². The molecule has 160 valence electrons. The highest BCUT2D eigenvalue weighted by molar-refractivity contribution is 14.0. The molecule has 5 nitrogen and oxygen atoms in total. The van der Waals surface area contributed by atoms with Gasteiger partial charge in [-0.2, -0.15) is 0 Å². The number of aliphatic imine (C=N–C) groups is 1. The lowest BCUT2D eigenvalue weighted by atomic mass is 9.93. The van der Waals surface area contributed by atoms with Crippen LogP contribution in [0.5, 0.6) is 0 Å². The molecule has 1 fully saturated rings. The van der Waals surface area contributed by atoms with E-state index in [9.17, 15) is 0 Å². The number of nitrogens with one attached hydrogen (secondary N) is 1. The van der Waals surface area contributed by atoms with Crippen LogP contribution in [0.3, 0.4) is 0 Å². The lowest BCUT2D eigenvalue weighted by Gasteiger charge is -2.35. The molecule has 0 saturated carbocycles. The van der Waals surface area contributed by atoms with Crippen molar-refractivity contribution in [3.8, 4) is 0 Å². The van der Waals surface area contributed by atoms with Crippen LogP contribution in [-0.4, -0.2) is 49.1 Å². The Hall–Kier alpha value is -1.19. The van der Waals surface area contributed by atoms with Crippen LogP contribution >= 0.6 is 35.3 Å². The van der Waals surface area contributed by atoms with Crippen molar-refractivity contribution in [2.45, 2.75) is 45.6 Å². The van der Waals surface area contributed by atoms with Crippen LogP contribution in [0.25, 0.3) is 0 Å². The first-order chi connectivity index (χ1) is 13.4. The van der Waals surface area contributed by atoms with E-state index in [4.69, 9.17) is 9.72 Å². The van der Waals surface area contributed by atoms with Gasteiger partial charge in [-0.15, -0.1) is 35.3 Å². The van der Waals surface area contributed by atoms with Crippen LogP contribution in [0, 0.1) is 6.92 Å². The van der Waals surface area contributed by atoms with E-state index in [2.05, 4.69) is 72.5 Å². The SMILES string of the molecule is CN=C(NCCc1nc(C(C)(C)C)cs1)N1CCOC(c2ccccc2C)C1.I. The topological polar surface area (TPSA) is 49.8 Å².